The van der Waals surface area contributed by atoms with Crippen LogP contribution in [0, 0.1) is 12.7 Å². The lowest BCUT2D eigenvalue weighted by Gasteiger charge is -2.43. The van der Waals surface area contributed by atoms with Crippen molar-refractivity contribution in [3.05, 3.63) is 94.7 Å². The molecule has 0 unspecified atom stereocenters. The Bertz CT molecular complexity index is 1360. The monoisotopic (exact) mass is 474 g/mol. The lowest BCUT2D eigenvalue weighted by Crippen LogP contribution is -2.64. The lowest BCUT2D eigenvalue weighted by atomic mass is 9.93. The molecule has 172 valence electrons. The molecule has 3 heterocycles. The van der Waals surface area contributed by atoms with Crippen molar-refractivity contribution in [1.29, 1.82) is 0 Å². The van der Waals surface area contributed by atoms with Gasteiger partial charge in [0.2, 0.25) is 5.91 Å². The number of fused-ring (bicyclic) bond motifs is 1. The lowest BCUT2D eigenvalue weighted by molar-refractivity contribution is -0.126. The predicted molar refractivity (Wildman–Crippen MR) is 130 cm³/mol. The molecule has 2 amide bonds. The molecule has 2 aromatic heterocycles. The number of carbonyl (C=O) groups is 2. The van der Waals surface area contributed by atoms with E-state index in [2.05, 4.69) is 10.4 Å². The number of amides is 2. The van der Waals surface area contributed by atoms with Gasteiger partial charge in [-0.1, -0.05) is 36.4 Å². The first-order valence-electron chi connectivity index (χ1n) is 10.9. The Kier molecular flexibility index (Phi) is 5.53. The van der Waals surface area contributed by atoms with Crippen molar-refractivity contribution in [3.8, 4) is 10.6 Å². The number of hydrogen-bond acceptors (Lipinski definition) is 4. The van der Waals surface area contributed by atoms with E-state index in [4.69, 9.17) is 0 Å². The van der Waals surface area contributed by atoms with Crippen LogP contribution >= 0.6 is 11.3 Å². The minimum absolute atomic E-state index is 0.197. The Balaban J connectivity index is 1.54. The fourth-order valence-corrected chi connectivity index (χ4v) is 4.97. The molecule has 0 spiro atoms. The van der Waals surface area contributed by atoms with Gasteiger partial charge in [-0.3, -0.25) is 19.2 Å². The number of aryl methyl sites for hydroxylation is 1. The minimum Gasteiger partial charge on any atom is -0.350 e. The summed E-state index contributed by atoms with van der Waals surface area (Å²) >= 11 is 1.55. The molecular formula is C26H23FN4O2S. The molecule has 1 aliphatic rings. The van der Waals surface area contributed by atoms with Crippen LogP contribution in [-0.4, -0.2) is 27.1 Å². The molecule has 1 aliphatic heterocycles. The van der Waals surface area contributed by atoms with Crippen molar-refractivity contribution in [1.82, 2.24) is 15.1 Å². The third kappa shape index (κ3) is 3.80. The van der Waals surface area contributed by atoms with Gasteiger partial charge in [0.15, 0.2) is 0 Å². The summed E-state index contributed by atoms with van der Waals surface area (Å²) in [6.45, 7) is 4.09. The van der Waals surface area contributed by atoms with Crippen LogP contribution in [0.15, 0.2) is 72.1 Å². The van der Waals surface area contributed by atoms with E-state index in [1.165, 1.54) is 12.1 Å². The van der Waals surface area contributed by atoms with E-state index in [0.29, 0.717) is 17.1 Å². The molecule has 0 radical (unpaired) electrons. The van der Waals surface area contributed by atoms with Crippen LogP contribution < -0.4 is 10.2 Å². The molecule has 1 atom stereocenters. The highest BCUT2D eigenvalue weighted by Crippen LogP contribution is 2.36. The first-order chi connectivity index (χ1) is 16.4. The van der Waals surface area contributed by atoms with Crippen LogP contribution in [0.2, 0.25) is 0 Å². The Morgan fingerprint density at radius 3 is 2.62 bits per heavy atom. The summed E-state index contributed by atoms with van der Waals surface area (Å²) < 4.78 is 14.9. The normalized spacial score (nSPS) is 17.5. The quantitative estimate of drug-likeness (QED) is 0.452. The summed E-state index contributed by atoms with van der Waals surface area (Å²) in [6.07, 6.45) is 0. The van der Waals surface area contributed by atoms with Crippen LogP contribution in [0.4, 0.5) is 10.1 Å². The van der Waals surface area contributed by atoms with Crippen LogP contribution in [0.5, 0.6) is 0 Å². The van der Waals surface area contributed by atoms with Crippen molar-refractivity contribution >= 4 is 28.8 Å². The molecule has 5 rings (SSSR count). The second kappa shape index (κ2) is 8.53. The maximum absolute atomic E-state index is 13.8. The van der Waals surface area contributed by atoms with E-state index < -0.39 is 5.54 Å². The second-order valence-corrected chi connectivity index (χ2v) is 9.51. The van der Waals surface area contributed by atoms with Gasteiger partial charge in [-0.2, -0.15) is 5.10 Å². The third-order valence-electron chi connectivity index (χ3n) is 6.14. The van der Waals surface area contributed by atoms with E-state index in [0.717, 1.165) is 16.0 Å². The van der Waals surface area contributed by atoms with Gasteiger partial charge in [-0.25, -0.2) is 4.39 Å². The van der Waals surface area contributed by atoms with Gasteiger partial charge in [-0.15, -0.1) is 11.3 Å². The van der Waals surface area contributed by atoms with Crippen molar-refractivity contribution in [3.63, 3.8) is 0 Å². The van der Waals surface area contributed by atoms with Crippen molar-refractivity contribution in [2.45, 2.75) is 32.5 Å². The zero-order valence-electron chi connectivity index (χ0n) is 18.8. The van der Waals surface area contributed by atoms with Gasteiger partial charge in [0.05, 0.1) is 11.4 Å². The number of benzene rings is 2. The largest absolute Gasteiger partial charge is 0.350 e. The highest BCUT2D eigenvalue weighted by atomic mass is 32.1. The zero-order valence-corrected chi connectivity index (χ0v) is 19.6. The molecule has 2 aromatic carbocycles. The van der Waals surface area contributed by atoms with Crippen LogP contribution in [0.3, 0.4) is 0 Å². The highest BCUT2D eigenvalue weighted by Gasteiger charge is 2.49. The number of nitrogens with one attached hydrogen (secondary N) is 1. The maximum Gasteiger partial charge on any atom is 0.277 e. The number of carbonyl (C=O) groups excluding carboxylic acids is 2. The summed E-state index contributed by atoms with van der Waals surface area (Å²) in [5.74, 6) is -0.930. The number of rotatable bonds is 5. The molecule has 1 N–H and O–H groups in total. The Labute approximate surface area is 200 Å². The third-order valence-corrected chi connectivity index (χ3v) is 7.03. The minimum atomic E-state index is -1.23. The topological polar surface area (TPSA) is 67.2 Å². The summed E-state index contributed by atoms with van der Waals surface area (Å²) in [6, 6.07) is 19.2. The number of hydrogen-bond donors (Lipinski definition) is 1. The van der Waals surface area contributed by atoms with E-state index in [1.807, 2.05) is 48.7 Å². The summed E-state index contributed by atoms with van der Waals surface area (Å²) in [4.78, 5) is 30.0. The Hall–Kier alpha value is -3.78. The van der Waals surface area contributed by atoms with Crippen molar-refractivity contribution in [2.75, 3.05) is 4.90 Å². The SMILES string of the molecule is Cc1ccccc1N1C(=O)c2cc(-c3cccs3)nn2C[C@]1(C)C(=O)NCc1ccc(F)cc1. The van der Waals surface area contributed by atoms with Crippen LogP contribution in [-0.2, 0) is 17.9 Å². The summed E-state index contributed by atoms with van der Waals surface area (Å²) in [5.41, 5.74) is 2.25. The number of nitrogens with zero attached hydrogens (tertiary/aromatic N) is 3. The second-order valence-electron chi connectivity index (χ2n) is 8.56. The van der Waals surface area contributed by atoms with Crippen molar-refractivity contribution < 1.29 is 14.0 Å². The molecular weight excluding hydrogens is 451 g/mol. The van der Waals surface area contributed by atoms with E-state index in [1.54, 1.807) is 46.0 Å². The maximum atomic E-state index is 13.8. The predicted octanol–water partition coefficient (Wildman–Crippen LogP) is 4.79. The van der Waals surface area contributed by atoms with E-state index in [-0.39, 0.29) is 30.7 Å². The van der Waals surface area contributed by atoms with Gasteiger partial charge < -0.3 is 5.32 Å². The van der Waals surface area contributed by atoms with Gasteiger partial charge >= 0.3 is 0 Å². The number of halogens is 1. The molecule has 34 heavy (non-hydrogen) atoms. The van der Waals surface area contributed by atoms with E-state index >= 15 is 0 Å². The fourth-order valence-electron chi connectivity index (χ4n) is 4.29. The molecule has 0 aliphatic carbocycles. The highest BCUT2D eigenvalue weighted by molar-refractivity contribution is 7.13. The molecule has 0 saturated carbocycles. The molecule has 0 bridgehead atoms. The number of anilines is 1. The Morgan fingerprint density at radius 1 is 1.15 bits per heavy atom. The molecule has 0 fully saturated rings. The molecule has 8 heteroatoms. The standard InChI is InChI=1S/C26H23FN4O2S/c1-17-6-3-4-7-21(17)31-24(32)22-14-20(23-8-5-13-34-23)29-30(22)16-26(31,2)25(33)28-15-18-9-11-19(27)12-10-18/h3-14H,15-16H2,1-2H3,(H,28,33)/t26-/m1/s1. The first-order valence-corrected chi connectivity index (χ1v) is 11.8. The van der Waals surface area contributed by atoms with Gasteiger partial charge in [0.1, 0.15) is 22.7 Å². The van der Waals surface area contributed by atoms with Gasteiger partial charge in [0.25, 0.3) is 5.91 Å². The van der Waals surface area contributed by atoms with Crippen LogP contribution in [0.25, 0.3) is 10.6 Å². The summed E-state index contributed by atoms with van der Waals surface area (Å²) in [5, 5.41) is 9.56. The average molecular weight is 475 g/mol. The number of aromatic nitrogens is 2. The van der Waals surface area contributed by atoms with Crippen molar-refractivity contribution in [2.24, 2.45) is 0 Å². The number of thiophene rings is 1. The van der Waals surface area contributed by atoms with Gasteiger partial charge in [-0.05, 0) is 60.7 Å². The van der Waals surface area contributed by atoms with E-state index in [9.17, 15) is 14.0 Å². The summed E-state index contributed by atoms with van der Waals surface area (Å²) in [7, 11) is 0. The smallest absolute Gasteiger partial charge is 0.277 e. The molecule has 6 nitrogen and oxygen atoms in total. The Morgan fingerprint density at radius 2 is 1.91 bits per heavy atom. The fraction of sp³-hybridized carbons (Fsp3) is 0.192. The molecule has 0 saturated heterocycles. The first kappa shape index (κ1) is 22.0. The number of para-hydroxylation sites is 1. The van der Waals surface area contributed by atoms with Crippen LogP contribution in [0.1, 0.15) is 28.5 Å². The zero-order chi connectivity index (χ0) is 23.9. The molecule has 4 aromatic rings. The van der Waals surface area contributed by atoms with Gasteiger partial charge in [0, 0.05) is 12.2 Å². The average Bonchev–Trinajstić information content (AvgIpc) is 3.50.